The molecule has 0 aliphatic heterocycles. The molecule has 0 unspecified atom stereocenters. The Bertz CT molecular complexity index is 557. The van der Waals surface area contributed by atoms with E-state index in [2.05, 4.69) is 26.2 Å². The summed E-state index contributed by atoms with van der Waals surface area (Å²) in [6.45, 7) is 0.360. The molecule has 1 aromatic heterocycles. The molecule has 1 N–H and O–H groups in total. The van der Waals surface area contributed by atoms with Crippen molar-refractivity contribution in [1.82, 2.24) is 10.3 Å². The van der Waals surface area contributed by atoms with E-state index in [0.29, 0.717) is 16.7 Å². The predicted molar refractivity (Wildman–Crippen MR) is 69.5 cm³/mol. The van der Waals surface area contributed by atoms with E-state index in [1.165, 1.54) is 12.1 Å². The molecule has 3 nitrogen and oxygen atoms in total. The summed E-state index contributed by atoms with van der Waals surface area (Å²) >= 11 is 3.20. The molecular formula is C13H10BrFN2O. The highest BCUT2D eigenvalue weighted by Crippen LogP contribution is 2.08. The molecule has 0 radical (unpaired) electrons. The van der Waals surface area contributed by atoms with Crippen molar-refractivity contribution in [2.45, 2.75) is 6.54 Å². The standard InChI is InChI=1S/C13H10BrFN2O/c14-12-7-10(5-6-16-12)13(18)17-8-9-1-3-11(15)4-2-9/h1-7H,8H2,(H,17,18). The Kier molecular flexibility index (Phi) is 4.04. The van der Waals surface area contributed by atoms with Crippen molar-refractivity contribution in [3.8, 4) is 0 Å². The minimum absolute atomic E-state index is 0.192. The summed E-state index contributed by atoms with van der Waals surface area (Å²) in [7, 11) is 0. The van der Waals surface area contributed by atoms with Crippen LogP contribution in [0.5, 0.6) is 0 Å². The van der Waals surface area contributed by atoms with Gasteiger partial charge in [0.05, 0.1) is 0 Å². The number of rotatable bonds is 3. The van der Waals surface area contributed by atoms with Crippen LogP contribution in [0.15, 0.2) is 47.2 Å². The fourth-order valence-corrected chi connectivity index (χ4v) is 1.80. The number of benzene rings is 1. The van der Waals surface area contributed by atoms with Gasteiger partial charge in [0, 0.05) is 18.3 Å². The van der Waals surface area contributed by atoms with Crippen LogP contribution in [0.1, 0.15) is 15.9 Å². The smallest absolute Gasteiger partial charge is 0.251 e. The Balaban J connectivity index is 1.98. The van der Waals surface area contributed by atoms with E-state index in [1.807, 2.05) is 0 Å². The van der Waals surface area contributed by atoms with Crippen LogP contribution in [0, 0.1) is 5.82 Å². The average molecular weight is 309 g/mol. The monoisotopic (exact) mass is 308 g/mol. The summed E-state index contributed by atoms with van der Waals surface area (Å²) < 4.78 is 13.3. The molecule has 5 heteroatoms. The minimum atomic E-state index is -0.289. The minimum Gasteiger partial charge on any atom is -0.348 e. The van der Waals surface area contributed by atoms with Gasteiger partial charge in [-0.3, -0.25) is 4.79 Å². The Morgan fingerprint density at radius 1 is 1.28 bits per heavy atom. The molecule has 0 saturated heterocycles. The molecule has 2 aromatic rings. The Morgan fingerprint density at radius 3 is 2.67 bits per heavy atom. The molecule has 0 spiro atoms. The molecule has 1 aromatic carbocycles. The van der Waals surface area contributed by atoms with E-state index in [9.17, 15) is 9.18 Å². The zero-order valence-corrected chi connectivity index (χ0v) is 10.9. The van der Waals surface area contributed by atoms with E-state index in [0.717, 1.165) is 5.56 Å². The fourth-order valence-electron chi connectivity index (χ4n) is 1.43. The van der Waals surface area contributed by atoms with Gasteiger partial charge in [0.1, 0.15) is 10.4 Å². The summed E-state index contributed by atoms with van der Waals surface area (Å²) in [5, 5.41) is 2.75. The molecule has 1 amide bonds. The van der Waals surface area contributed by atoms with Crippen molar-refractivity contribution in [3.05, 3.63) is 64.1 Å². The maximum Gasteiger partial charge on any atom is 0.251 e. The van der Waals surface area contributed by atoms with E-state index in [-0.39, 0.29) is 11.7 Å². The quantitative estimate of drug-likeness (QED) is 0.886. The van der Waals surface area contributed by atoms with Gasteiger partial charge in [-0.2, -0.15) is 0 Å². The number of amides is 1. The van der Waals surface area contributed by atoms with E-state index < -0.39 is 0 Å². The Hall–Kier alpha value is -1.75. The van der Waals surface area contributed by atoms with Crippen LogP contribution in [0.4, 0.5) is 4.39 Å². The van der Waals surface area contributed by atoms with Gasteiger partial charge in [0.15, 0.2) is 0 Å². The highest BCUT2D eigenvalue weighted by Gasteiger charge is 2.05. The lowest BCUT2D eigenvalue weighted by Gasteiger charge is -2.05. The molecule has 1 heterocycles. The molecule has 2 rings (SSSR count). The van der Waals surface area contributed by atoms with Gasteiger partial charge in [0.2, 0.25) is 0 Å². The first-order valence-corrected chi connectivity index (χ1v) is 6.08. The Labute approximate surface area is 112 Å². The van der Waals surface area contributed by atoms with Crippen LogP contribution in [0.2, 0.25) is 0 Å². The number of aromatic nitrogens is 1. The number of hydrogen-bond donors (Lipinski definition) is 1. The predicted octanol–water partition coefficient (Wildman–Crippen LogP) is 2.91. The first-order valence-electron chi connectivity index (χ1n) is 5.29. The first-order chi connectivity index (χ1) is 8.65. The summed E-state index contributed by atoms with van der Waals surface area (Å²) in [5.74, 6) is -0.481. The number of carbonyl (C=O) groups is 1. The second-order valence-electron chi connectivity index (χ2n) is 3.68. The lowest BCUT2D eigenvalue weighted by atomic mass is 10.2. The first kappa shape index (κ1) is 12.7. The topological polar surface area (TPSA) is 42.0 Å². The second-order valence-corrected chi connectivity index (χ2v) is 4.49. The van der Waals surface area contributed by atoms with E-state index in [4.69, 9.17) is 0 Å². The number of hydrogen-bond acceptors (Lipinski definition) is 2. The number of halogens is 2. The van der Waals surface area contributed by atoms with Crippen LogP contribution >= 0.6 is 15.9 Å². The van der Waals surface area contributed by atoms with Crippen molar-refractivity contribution in [1.29, 1.82) is 0 Å². The molecule has 0 aliphatic rings. The highest BCUT2D eigenvalue weighted by atomic mass is 79.9. The molecule has 0 bridgehead atoms. The molecule has 18 heavy (non-hydrogen) atoms. The summed E-state index contributed by atoms with van der Waals surface area (Å²) in [5.41, 5.74) is 1.37. The van der Waals surface area contributed by atoms with Gasteiger partial charge >= 0.3 is 0 Å². The SMILES string of the molecule is O=C(NCc1ccc(F)cc1)c1ccnc(Br)c1. The summed E-state index contributed by atoms with van der Waals surface area (Å²) in [4.78, 5) is 15.7. The number of carbonyl (C=O) groups excluding carboxylic acids is 1. The molecule has 92 valence electrons. The molecule has 0 fully saturated rings. The largest absolute Gasteiger partial charge is 0.348 e. The van der Waals surface area contributed by atoms with Crippen LogP contribution in [0.3, 0.4) is 0 Å². The van der Waals surface area contributed by atoms with Crippen LogP contribution in [-0.4, -0.2) is 10.9 Å². The molecule has 0 saturated carbocycles. The third kappa shape index (κ3) is 3.37. The van der Waals surface area contributed by atoms with Crippen LogP contribution in [0.25, 0.3) is 0 Å². The zero-order valence-electron chi connectivity index (χ0n) is 9.36. The number of nitrogens with one attached hydrogen (secondary N) is 1. The van der Waals surface area contributed by atoms with Crippen molar-refractivity contribution in [3.63, 3.8) is 0 Å². The van der Waals surface area contributed by atoms with Gasteiger partial charge < -0.3 is 5.32 Å². The van der Waals surface area contributed by atoms with Crippen LogP contribution in [-0.2, 0) is 6.54 Å². The van der Waals surface area contributed by atoms with Gasteiger partial charge in [-0.05, 0) is 45.8 Å². The summed E-state index contributed by atoms with van der Waals surface area (Å²) in [6, 6.07) is 9.27. The van der Waals surface area contributed by atoms with Crippen molar-refractivity contribution in [2.75, 3.05) is 0 Å². The number of pyridine rings is 1. The Morgan fingerprint density at radius 2 is 2.00 bits per heavy atom. The lowest BCUT2D eigenvalue weighted by Crippen LogP contribution is -2.22. The zero-order chi connectivity index (χ0) is 13.0. The third-order valence-electron chi connectivity index (χ3n) is 2.36. The normalized spacial score (nSPS) is 10.1. The number of nitrogens with zero attached hydrogens (tertiary/aromatic N) is 1. The lowest BCUT2D eigenvalue weighted by molar-refractivity contribution is 0.0950. The van der Waals surface area contributed by atoms with Gasteiger partial charge in [-0.25, -0.2) is 9.37 Å². The van der Waals surface area contributed by atoms with Gasteiger partial charge in [-0.1, -0.05) is 12.1 Å². The molecule has 0 atom stereocenters. The van der Waals surface area contributed by atoms with E-state index in [1.54, 1.807) is 30.5 Å². The fraction of sp³-hybridized carbons (Fsp3) is 0.0769. The average Bonchev–Trinajstić information content (AvgIpc) is 2.38. The van der Waals surface area contributed by atoms with Crippen molar-refractivity contribution < 1.29 is 9.18 Å². The van der Waals surface area contributed by atoms with Crippen molar-refractivity contribution in [2.24, 2.45) is 0 Å². The van der Waals surface area contributed by atoms with Crippen molar-refractivity contribution >= 4 is 21.8 Å². The third-order valence-corrected chi connectivity index (χ3v) is 2.79. The molecular weight excluding hydrogens is 299 g/mol. The van der Waals surface area contributed by atoms with E-state index >= 15 is 0 Å². The highest BCUT2D eigenvalue weighted by molar-refractivity contribution is 9.10. The molecule has 0 aliphatic carbocycles. The van der Waals surface area contributed by atoms with Gasteiger partial charge in [0.25, 0.3) is 5.91 Å². The summed E-state index contributed by atoms with van der Waals surface area (Å²) in [6.07, 6.45) is 1.55. The van der Waals surface area contributed by atoms with Gasteiger partial charge in [-0.15, -0.1) is 0 Å². The maximum atomic E-state index is 12.7. The van der Waals surface area contributed by atoms with Crippen LogP contribution < -0.4 is 5.32 Å². The second kappa shape index (κ2) is 5.73. The maximum absolute atomic E-state index is 12.7.